The summed E-state index contributed by atoms with van der Waals surface area (Å²) in [5.41, 5.74) is 4.97. The van der Waals surface area contributed by atoms with Gasteiger partial charge in [-0.25, -0.2) is 15.0 Å². The van der Waals surface area contributed by atoms with E-state index in [1.54, 1.807) is 17.4 Å². The van der Waals surface area contributed by atoms with Crippen LogP contribution in [0.15, 0.2) is 66.2 Å². The summed E-state index contributed by atoms with van der Waals surface area (Å²) in [7, 11) is 0. The summed E-state index contributed by atoms with van der Waals surface area (Å²) in [6.45, 7) is 1.60. The zero-order chi connectivity index (χ0) is 19.6. The molecule has 0 unspecified atom stereocenters. The molecule has 0 bridgehead atoms. The Labute approximate surface area is 172 Å². The number of fused-ring (bicyclic) bond motifs is 1. The number of carbonyl (C=O) groups excluding carboxylic acids is 1. The normalized spacial score (nSPS) is 16.3. The van der Waals surface area contributed by atoms with Gasteiger partial charge in [-0.3, -0.25) is 4.79 Å². The van der Waals surface area contributed by atoms with Gasteiger partial charge < -0.3 is 10.2 Å². The van der Waals surface area contributed by atoms with Crippen molar-refractivity contribution in [3.63, 3.8) is 0 Å². The van der Waals surface area contributed by atoms with Crippen molar-refractivity contribution in [2.24, 2.45) is 0 Å². The number of hydrogen-bond donors (Lipinski definition) is 1. The maximum absolute atomic E-state index is 12.8. The highest BCUT2D eigenvalue weighted by Gasteiger charge is 2.26. The molecule has 5 rings (SSSR count). The minimum absolute atomic E-state index is 0.0728. The van der Waals surface area contributed by atoms with Crippen molar-refractivity contribution in [1.82, 2.24) is 20.3 Å². The van der Waals surface area contributed by atoms with E-state index in [9.17, 15) is 4.79 Å². The van der Waals surface area contributed by atoms with Gasteiger partial charge in [-0.1, -0.05) is 36.4 Å². The van der Waals surface area contributed by atoms with E-state index in [1.807, 2.05) is 60.1 Å². The predicted molar refractivity (Wildman–Crippen MR) is 115 cm³/mol. The first-order valence-corrected chi connectivity index (χ1v) is 10.4. The maximum Gasteiger partial charge on any atom is 0.270 e. The van der Waals surface area contributed by atoms with Gasteiger partial charge in [0.15, 0.2) is 0 Å². The summed E-state index contributed by atoms with van der Waals surface area (Å²) >= 11 is 1.54. The Hall–Kier alpha value is -3.32. The van der Waals surface area contributed by atoms with E-state index >= 15 is 0 Å². The number of benzene rings is 1. The molecular formula is C22H19N5OS. The van der Waals surface area contributed by atoms with Crippen LogP contribution < -0.4 is 10.2 Å². The molecule has 29 heavy (non-hydrogen) atoms. The van der Waals surface area contributed by atoms with Gasteiger partial charge in [0.25, 0.3) is 5.91 Å². The lowest BCUT2D eigenvalue weighted by atomic mass is 10.1. The van der Waals surface area contributed by atoms with Crippen molar-refractivity contribution in [3.05, 3.63) is 71.9 Å². The molecule has 0 spiro atoms. The SMILES string of the molecule is O=C(N[C@H]1CCN(c2ccc3ncsc3n2)C1)c1cccc(-c2ccccc2)n1. The van der Waals surface area contributed by atoms with Crippen LogP contribution in [-0.2, 0) is 0 Å². The summed E-state index contributed by atoms with van der Waals surface area (Å²) in [5.74, 6) is 0.795. The topological polar surface area (TPSA) is 71.0 Å². The zero-order valence-electron chi connectivity index (χ0n) is 15.7. The van der Waals surface area contributed by atoms with Crippen LogP contribution in [0.1, 0.15) is 16.9 Å². The number of carbonyl (C=O) groups is 1. The van der Waals surface area contributed by atoms with E-state index in [1.165, 1.54) is 0 Å². The summed E-state index contributed by atoms with van der Waals surface area (Å²) in [6.07, 6.45) is 0.881. The molecule has 0 aliphatic carbocycles. The third-order valence-electron chi connectivity index (χ3n) is 5.08. The second kappa shape index (κ2) is 7.60. The minimum atomic E-state index is -0.138. The second-order valence-electron chi connectivity index (χ2n) is 7.03. The smallest absolute Gasteiger partial charge is 0.270 e. The molecule has 1 saturated heterocycles. The molecule has 1 amide bonds. The number of thiazole rings is 1. The van der Waals surface area contributed by atoms with Crippen molar-refractivity contribution in [3.8, 4) is 11.3 Å². The van der Waals surface area contributed by atoms with E-state index in [0.717, 1.165) is 46.9 Å². The molecule has 0 saturated carbocycles. The molecular weight excluding hydrogens is 382 g/mol. The molecule has 4 heterocycles. The average molecular weight is 401 g/mol. The van der Waals surface area contributed by atoms with Crippen molar-refractivity contribution >= 4 is 33.4 Å². The molecule has 1 aliphatic rings. The minimum Gasteiger partial charge on any atom is -0.354 e. The number of aromatic nitrogens is 3. The molecule has 1 fully saturated rings. The molecule has 6 nitrogen and oxygen atoms in total. The Morgan fingerprint density at radius 2 is 1.93 bits per heavy atom. The van der Waals surface area contributed by atoms with Gasteiger partial charge in [0.1, 0.15) is 21.9 Å². The maximum atomic E-state index is 12.8. The Kier molecular flexibility index (Phi) is 4.65. The van der Waals surface area contributed by atoms with Crippen LogP contribution in [0.4, 0.5) is 5.82 Å². The van der Waals surface area contributed by atoms with E-state index in [2.05, 4.69) is 20.2 Å². The Morgan fingerprint density at radius 1 is 1.03 bits per heavy atom. The molecule has 1 atom stereocenters. The van der Waals surface area contributed by atoms with Crippen LogP contribution in [0.5, 0.6) is 0 Å². The number of pyridine rings is 2. The molecule has 1 aromatic carbocycles. The fourth-order valence-corrected chi connectivity index (χ4v) is 4.25. The highest BCUT2D eigenvalue weighted by Crippen LogP contribution is 2.23. The lowest BCUT2D eigenvalue weighted by Crippen LogP contribution is -2.37. The van der Waals surface area contributed by atoms with E-state index in [4.69, 9.17) is 4.98 Å². The molecule has 1 N–H and O–H groups in total. The van der Waals surface area contributed by atoms with E-state index in [-0.39, 0.29) is 11.9 Å². The summed E-state index contributed by atoms with van der Waals surface area (Å²) in [6, 6.07) is 19.5. The van der Waals surface area contributed by atoms with Crippen LogP contribution in [-0.4, -0.2) is 40.0 Å². The van der Waals surface area contributed by atoms with E-state index < -0.39 is 0 Å². The first-order chi connectivity index (χ1) is 14.3. The Balaban J connectivity index is 1.27. The third kappa shape index (κ3) is 3.69. The lowest BCUT2D eigenvalue weighted by molar-refractivity contribution is 0.0935. The van der Waals surface area contributed by atoms with Crippen molar-refractivity contribution < 1.29 is 4.79 Å². The molecule has 144 valence electrons. The number of nitrogens with one attached hydrogen (secondary N) is 1. The zero-order valence-corrected chi connectivity index (χ0v) is 16.5. The Bertz CT molecular complexity index is 1160. The van der Waals surface area contributed by atoms with Gasteiger partial charge in [0.05, 0.1) is 11.2 Å². The van der Waals surface area contributed by atoms with Crippen LogP contribution >= 0.6 is 11.3 Å². The summed E-state index contributed by atoms with van der Waals surface area (Å²) in [5, 5.41) is 3.13. The summed E-state index contributed by atoms with van der Waals surface area (Å²) < 4.78 is 0. The predicted octanol–water partition coefficient (Wildman–Crippen LogP) is 3.76. The fraction of sp³-hybridized carbons (Fsp3) is 0.182. The quantitative estimate of drug-likeness (QED) is 0.564. The number of rotatable bonds is 4. The van der Waals surface area contributed by atoms with Crippen molar-refractivity contribution in [2.75, 3.05) is 18.0 Å². The van der Waals surface area contributed by atoms with Crippen LogP contribution in [0, 0.1) is 0 Å². The van der Waals surface area contributed by atoms with Gasteiger partial charge in [0, 0.05) is 24.7 Å². The average Bonchev–Trinajstić information content (AvgIpc) is 3.43. The second-order valence-corrected chi connectivity index (χ2v) is 7.86. The van der Waals surface area contributed by atoms with Gasteiger partial charge in [-0.05, 0) is 30.7 Å². The first kappa shape index (κ1) is 17.8. The molecule has 0 radical (unpaired) electrons. The molecule has 3 aromatic heterocycles. The van der Waals surface area contributed by atoms with Crippen LogP contribution in [0.2, 0.25) is 0 Å². The standard InChI is InChI=1S/C22H19N5OS/c28-21(18-8-4-7-17(25-18)15-5-2-1-3-6-15)24-16-11-12-27(13-16)20-10-9-19-22(26-20)29-14-23-19/h1-10,14,16H,11-13H2,(H,24,28)/t16-/m0/s1. The molecule has 7 heteroatoms. The van der Waals surface area contributed by atoms with Crippen LogP contribution in [0.3, 0.4) is 0 Å². The van der Waals surface area contributed by atoms with Crippen LogP contribution in [0.25, 0.3) is 21.6 Å². The first-order valence-electron chi connectivity index (χ1n) is 9.55. The highest BCUT2D eigenvalue weighted by molar-refractivity contribution is 7.16. The van der Waals surface area contributed by atoms with Gasteiger partial charge in [-0.15, -0.1) is 11.3 Å². The number of nitrogens with zero attached hydrogens (tertiary/aromatic N) is 4. The highest BCUT2D eigenvalue weighted by atomic mass is 32.1. The number of anilines is 1. The van der Waals surface area contributed by atoms with Gasteiger partial charge in [0.2, 0.25) is 0 Å². The number of amides is 1. The Morgan fingerprint density at radius 3 is 2.83 bits per heavy atom. The monoisotopic (exact) mass is 401 g/mol. The summed E-state index contributed by atoms with van der Waals surface area (Å²) in [4.78, 5) is 29.4. The number of hydrogen-bond acceptors (Lipinski definition) is 6. The van der Waals surface area contributed by atoms with E-state index in [0.29, 0.717) is 5.69 Å². The van der Waals surface area contributed by atoms with Crippen molar-refractivity contribution in [2.45, 2.75) is 12.5 Å². The van der Waals surface area contributed by atoms with Gasteiger partial charge in [-0.2, -0.15) is 0 Å². The molecule has 1 aliphatic heterocycles. The van der Waals surface area contributed by atoms with Gasteiger partial charge >= 0.3 is 0 Å². The largest absolute Gasteiger partial charge is 0.354 e. The lowest BCUT2D eigenvalue weighted by Gasteiger charge is -2.18. The third-order valence-corrected chi connectivity index (χ3v) is 5.81. The molecule has 4 aromatic rings. The fourth-order valence-electron chi connectivity index (χ4n) is 3.59. The van der Waals surface area contributed by atoms with Crippen molar-refractivity contribution in [1.29, 1.82) is 0 Å².